The topological polar surface area (TPSA) is 102 Å². The third-order valence-electron chi connectivity index (χ3n) is 6.41. The van der Waals surface area contributed by atoms with Crippen LogP contribution in [0.1, 0.15) is 37.3 Å². The van der Waals surface area contributed by atoms with Gasteiger partial charge in [-0.1, -0.05) is 18.2 Å². The number of ether oxygens (including phenoxy) is 2. The summed E-state index contributed by atoms with van der Waals surface area (Å²) in [7, 11) is 0. The molecule has 206 valence electrons. The van der Waals surface area contributed by atoms with E-state index in [2.05, 4.69) is 20.4 Å². The summed E-state index contributed by atoms with van der Waals surface area (Å²) >= 11 is 0. The Labute approximate surface area is 224 Å². The van der Waals surface area contributed by atoms with E-state index in [4.69, 9.17) is 9.47 Å². The lowest BCUT2D eigenvalue weighted by Crippen LogP contribution is -2.18. The van der Waals surface area contributed by atoms with Crippen LogP contribution in [0.3, 0.4) is 0 Å². The molecule has 5 aromatic rings. The fourth-order valence-corrected chi connectivity index (χ4v) is 4.63. The van der Waals surface area contributed by atoms with Crippen LogP contribution in [0.2, 0.25) is 0 Å². The Morgan fingerprint density at radius 2 is 1.88 bits per heavy atom. The number of anilines is 1. The average Bonchev–Trinajstić information content (AvgIpc) is 3.34. The first kappa shape index (κ1) is 25.6. The molecule has 6 rings (SSSR count). The highest BCUT2D eigenvalue weighted by Crippen LogP contribution is 2.45. The highest BCUT2D eigenvalue weighted by molar-refractivity contribution is 5.78. The summed E-state index contributed by atoms with van der Waals surface area (Å²) in [5, 5.41) is 6.84. The van der Waals surface area contributed by atoms with Crippen LogP contribution in [0.15, 0.2) is 71.8 Å². The molecule has 0 bridgehead atoms. The normalized spacial score (nSPS) is 17.0. The van der Waals surface area contributed by atoms with Crippen molar-refractivity contribution in [2.45, 2.75) is 38.4 Å². The zero-order valence-electron chi connectivity index (χ0n) is 21.1. The van der Waals surface area contributed by atoms with Gasteiger partial charge < -0.3 is 14.8 Å². The van der Waals surface area contributed by atoms with Gasteiger partial charge in [-0.2, -0.15) is 18.3 Å². The van der Waals surface area contributed by atoms with Gasteiger partial charge in [0.15, 0.2) is 34.9 Å². The number of halogens is 4. The minimum Gasteiger partial charge on any atom is -0.452 e. The fourth-order valence-electron chi connectivity index (χ4n) is 4.63. The molecule has 1 aliphatic heterocycles. The molecule has 0 spiro atoms. The molecule has 0 saturated carbocycles. The SMILES string of the molecule is CC(C)n1c(=O)[nH]c2nccc(Oc3ccc(NC4OC4c4cnn(-c5ccccc5)c4C(F)(F)F)cc3F)c21. The van der Waals surface area contributed by atoms with E-state index in [0.29, 0.717) is 11.2 Å². The largest absolute Gasteiger partial charge is 0.452 e. The first-order valence-electron chi connectivity index (χ1n) is 12.3. The van der Waals surface area contributed by atoms with Gasteiger partial charge in [0.05, 0.1) is 11.9 Å². The monoisotopic (exact) mass is 554 g/mol. The summed E-state index contributed by atoms with van der Waals surface area (Å²) in [4.78, 5) is 19.1. The van der Waals surface area contributed by atoms with Gasteiger partial charge >= 0.3 is 11.9 Å². The number of benzene rings is 2. The number of H-pyrrole nitrogens is 1. The van der Waals surface area contributed by atoms with Gasteiger partial charge in [-0.3, -0.25) is 9.55 Å². The molecule has 40 heavy (non-hydrogen) atoms. The van der Waals surface area contributed by atoms with E-state index in [-0.39, 0.29) is 40.2 Å². The summed E-state index contributed by atoms with van der Waals surface area (Å²) in [5.74, 6) is -0.606. The molecule has 2 unspecified atom stereocenters. The third kappa shape index (κ3) is 4.57. The van der Waals surface area contributed by atoms with Crippen LogP contribution in [0.4, 0.5) is 23.2 Å². The highest BCUT2D eigenvalue weighted by Gasteiger charge is 2.49. The Balaban J connectivity index is 1.22. The average molecular weight is 555 g/mol. The number of hydrogen-bond donors (Lipinski definition) is 2. The van der Waals surface area contributed by atoms with E-state index in [9.17, 15) is 18.0 Å². The van der Waals surface area contributed by atoms with Crippen molar-refractivity contribution in [2.24, 2.45) is 0 Å². The second kappa shape index (κ2) is 9.52. The van der Waals surface area contributed by atoms with Crippen molar-refractivity contribution < 1.29 is 27.0 Å². The Morgan fingerprint density at radius 3 is 2.58 bits per heavy atom. The van der Waals surface area contributed by atoms with E-state index >= 15 is 4.39 Å². The van der Waals surface area contributed by atoms with Crippen molar-refractivity contribution in [3.63, 3.8) is 0 Å². The maximum Gasteiger partial charge on any atom is 0.433 e. The van der Waals surface area contributed by atoms with Crippen molar-refractivity contribution in [3.05, 3.63) is 94.5 Å². The van der Waals surface area contributed by atoms with Crippen molar-refractivity contribution >= 4 is 16.9 Å². The van der Waals surface area contributed by atoms with E-state index < -0.39 is 30.0 Å². The lowest BCUT2D eigenvalue weighted by atomic mass is 10.1. The predicted octanol–water partition coefficient (Wildman–Crippen LogP) is 5.95. The van der Waals surface area contributed by atoms with Gasteiger partial charge in [0.1, 0.15) is 11.6 Å². The van der Waals surface area contributed by atoms with Crippen molar-refractivity contribution in [2.75, 3.05) is 5.32 Å². The molecule has 2 N–H and O–H groups in total. The molecule has 0 radical (unpaired) electrons. The van der Waals surface area contributed by atoms with Gasteiger partial charge in [0, 0.05) is 35.6 Å². The first-order chi connectivity index (χ1) is 19.1. The third-order valence-corrected chi connectivity index (χ3v) is 6.41. The smallest absolute Gasteiger partial charge is 0.433 e. The molecule has 1 aliphatic rings. The van der Waals surface area contributed by atoms with Gasteiger partial charge in [-0.15, -0.1) is 0 Å². The molecule has 3 aromatic heterocycles. The summed E-state index contributed by atoms with van der Waals surface area (Å²) in [6.07, 6.45) is -3.86. The molecule has 0 aliphatic carbocycles. The van der Waals surface area contributed by atoms with Crippen molar-refractivity contribution in [1.82, 2.24) is 24.3 Å². The lowest BCUT2D eigenvalue weighted by Gasteiger charge is -2.13. The number of pyridine rings is 1. The Bertz CT molecular complexity index is 1760. The molecule has 4 heterocycles. The number of fused-ring (bicyclic) bond motifs is 1. The van der Waals surface area contributed by atoms with Crippen molar-refractivity contribution in [1.29, 1.82) is 0 Å². The zero-order valence-corrected chi connectivity index (χ0v) is 21.1. The standard InChI is InChI=1S/C27H22F4N6O3/c1-14(2)36-21-20(10-11-32-24(21)35-26(36)38)39-19-9-8-15(12-18(19)28)34-25-22(40-25)17-13-33-37(23(17)27(29,30)31)16-6-4-3-5-7-16/h3-14,22,25,34H,1-2H3,(H,32,35,38). The molecular weight excluding hydrogens is 532 g/mol. The van der Waals surface area contributed by atoms with Crippen molar-refractivity contribution in [3.8, 4) is 17.2 Å². The molecule has 0 amide bonds. The summed E-state index contributed by atoms with van der Waals surface area (Å²) in [6, 6.07) is 13.4. The number of nitrogens with one attached hydrogen (secondary N) is 2. The molecule has 13 heteroatoms. The number of nitrogens with zero attached hydrogens (tertiary/aromatic N) is 4. The minimum atomic E-state index is -4.68. The maximum absolute atomic E-state index is 15.0. The van der Waals surface area contributed by atoms with Crippen LogP contribution in [-0.2, 0) is 10.9 Å². The summed E-state index contributed by atoms with van der Waals surface area (Å²) in [5.41, 5.74) is -0.178. The predicted molar refractivity (Wildman–Crippen MR) is 137 cm³/mol. The fraction of sp³-hybridized carbons (Fsp3) is 0.222. The van der Waals surface area contributed by atoms with Gasteiger partial charge in [0.25, 0.3) is 0 Å². The van der Waals surface area contributed by atoms with Crippen LogP contribution in [0.25, 0.3) is 16.9 Å². The summed E-state index contributed by atoms with van der Waals surface area (Å²) in [6.45, 7) is 3.65. The minimum absolute atomic E-state index is 0.112. The number of hydrogen-bond acceptors (Lipinski definition) is 6. The number of epoxide rings is 1. The second-order valence-electron chi connectivity index (χ2n) is 9.46. The molecule has 2 aromatic carbocycles. The summed E-state index contributed by atoms with van der Waals surface area (Å²) < 4.78 is 70.6. The maximum atomic E-state index is 15.0. The Hall–Kier alpha value is -4.65. The number of imidazole rings is 1. The van der Waals surface area contributed by atoms with Crippen LogP contribution in [-0.4, -0.2) is 30.5 Å². The van der Waals surface area contributed by atoms with Crippen LogP contribution < -0.4 is 15.7 Å². The highest BCUT2D eigenvalue weighted by atomic mass is 19.4. The van der Waals surface area contributed by atoms with Gasteiger partial charge in [0.2, 0.25) is 0 Å². The van der Waals surface area contributed by atoms with E-state index in [1.165, 1.54) is 41.1 Å². The lowest BCUT2D eigenvalue weighted by molar-refractivity contribution is -0.143. The van der Waals surface area contributed by atoms with Gasteiger partial charge in [-0.25, -0.2) is 18.9 Å². The Morgan fingerprint density at radius 1 is 1.10 bits per heavy atom. The number of rotatable bonds is 7. The number of alkyl halides is 3. The van der Waals surface area contributed by atoms with Gasteiger partial charge in [-0.05, 0) is 38.1 Å². The number of para-hydroxylation sites is 1. The van der Waals surface area contributed by atoms with Crippen LogP contribution >= 0.6 is 0 Å². The zero-order chi connectivity index (χ0) is 28.2. The number of aromatic amines is 1. The molecule has 1 saturated heterocycles. The van der Waals surface area contributed by atoms with E-state index in [1.807, 2.05) is 13.8 Å². The first-order valence-corrected chi connectivity index (χ1v) is 12.3. The molecule has 9 nitrogen and oxygen atoms in total. The quantitative estimate of drug-likeness (QED) is 0.190. The molecule has 2 atom stereocenters. The number of aromatic nitrogens is 5. The van der Waals surface area contributed by atoms with Crippen LogP contribution in [0.5, 0.6) is 11.5 Å². The van der Waals surface area contributed by atoms with E-state index in [1.54, 1.807) is 18.2 Å². The Kier molecular flexibility index (Phi) is 6.10. The second-order valence-corrected chi connectivity index (χ2v) is 9.46. The van der Waals surface area contributed by atoms with Crippen LogP contribution in [0, 0.1) is 5.82 Å². The molecular formula is C27H22F4N6O3. The molecule has 1 fully saturated rings. The van der Waals surface area contributed by atoms with E-state index in [0.717, 1.165) is 16.9 Å².